The van der Waals surface area contributed by atoms with Gasteiger partial charge in [0.15, 0.2) is 5.75 Å². The van der Waals surface area contributed by atoms with E-state index in [9.17, 15) is 0 Å². The number of rotatable bonds is 6. The van der Waals surface area contributed by atoms with Crippen LogP contribution in [0.3, 0.4) is 0 Å². The Labute approximate surface area is 110 Å². The highest BCUT2D eigenvalue weighted by Crippen LogP contribution is 2.32. The molecule has 0 bridgehead atoms. The molecule has 0 saturated heterocycles. The summed E-state index contributed by atoms with van der Waals surface area (Å²) in [6.07, 6.45) is 0. The Bertz CT molecular complexity index is 314. The zero-order valence-electron chi connectivity index (χ0n) is 9.08. The van der Waals surface area contributed by atoms with Crippen LogP contribution in [0.25, 0.3) is 0 Å². The first-order valence-electron chi connectivity index (χ1n) is 5.01. The van der Waals surface area contributed by atoms with Gasteiger partial charge in [-0.15, -0.1) is 0 Å². The SMILES string of the molecule is CC(N)CSCCOc1c(Cl)cccc1Cl. The average molecular weight is 280 g/mol. The number of hydrogen-bond donors (Lipinski definition) is 1. The summed E-state index contributed by atoms with van der Waals surface area (Å²) in [6.45, 7) is 2.57. The minimum atomic E-state index is 0.217. The van der Waals surface area contributed by atoms with Crippen molar-refractivity contribution in [3.8, 4) is 5.75 Å². The number of halogens is 2. The van der Waals surface area contributed by atoms with E-state index in [4.69, 9.17) is 33.7 Å². The first-order valence-corrected chi connectivity index (χ1v) is 6.92. The van der Waals surface area contributed by atoms with Gasteiger partial charge < -0.3 is 10.5 Å². The van der Waals surface area contributed by atoms with E-state index in [1.54, 1.807) is 30.0 Å². The van der Waals surface area contributed by atoms with Gasteiger partial charge in [0.2, 0.25) is 0 Å². The highest BCUT2D eigenvalue weighted by molar-refractivity contribution is 7.99. The molecular weight excluding hydrogens is 265 g/mol. The van der Waals surface area contributed by atoms with Gasteiger partial charge in [0.1, 0.15) is 0 Å². The van der Waals surface area contributed by atoms with E-state index < -0.39 is 0 Å². The largest absolute Gasteiger partial charge is 0.490 e. The summed E-state index contributed by atoms with van der Waals surface area (Å²) in [5.41, 5.74) is 5.63. The Balaban J connectivity index is 2.32. The fraction of sp³-hybridized carbons (Fsp3) is 0.455. The lowest BCUT2D eigenvalue weighted by Crippen LogP contribution is -2.18. The van der Waals surface area contributed by atoms with Crippen molar-refractivity contribution in [2.45, 2.75) is 13.0 Å². The Morgan fingerprint density at radius 2 is 2.00 bits per heavy atom. The fourth-order valence-corrected chi connectivity index (χ4v) is 2.34. The predicted molar refractivity (Wildman–Crippen MR) is 72.9 cm³/mol. The summed E-state index contributed by atoms with van der Waals surface area (Å²) in [7, 11) is 0. The van der Waals surface area contributed by atoms with E-state index in [0.29, 0.717) is 22.4 Å². The second-order valence-corrected chi connectivity index (χ2v) is 5.42. The van der Waals surface area contributed by atoms with E-state index >= 15 is 0 Å². The molecule has 0 radical (unpaired) electrons. The zero-order valence-corrected chi connectivity index (χ0v) is 11.4. The molecule has 5 heteroatoms. The van der Waals surface area contributed by atoms with Crippen LogP contribution in [-0.4, -0.2) is 24.2 Å². The molecule has 0 fully saturated rings. The summed E-state index contributed by atoms with van der Waals surface area (Å²) in [6, 6.07) is 5.53. The second-order valence-electron chi connectivity index (χ2n) is 3.45. The lowest BCUT2D eigenvalue weighted by atomic mass is 10.3. The van der Waals surface area contributed by atoms with Crippen molar-refractivity contribution in [2.75, 3.05) is 18.1 Å². The first kappa shape index (κ1) is 14.0. The lowest BCUT2D eigenvalue weighted by molar-refractivity contribution is 0.344. The van der Waals surface area contributed by atoms with E-state index in [-0.39, 0.29) is 6.04 Å². The minimum Gasteiger partial charge on any atom is -0.490 e. The maximum atomic E-state index is 5.96. The first-order chi connectivity index (χ1) is 7.61. The van der Waals surface area contributed by atoms with Crippen molar-refractivity contribution in [2.24, 2.45) is 5.73 Å². The third kappa shape index (κ3) is 4.83. The molecule has 0 aliphatic rings. The molecule has 16 heavy (non-hydrogen) atoms. The molecule has 0 amide bonds. The standard InChI is InChI=1S/C11H15Cl2NOS/c1-8(14)7-16-6-5-15-11-9(12)3-2-4-10(11)13/h2-4,8H,5-7,14H2,1H3. The van der Waals surface area contributed by atoms with Crippen LogP contribution in [0.1, 0.15) is 6.92 Å². The lowest BCUT2D eigenvalue weighted by Gasteiger charge is -2.10. The van der Waals surface area contributed by atoms with Gasteiger partial charge in [0, 0.05) is 17.5 Å². The average Bonchev–Trinajstić information content (AvgIpc) is 2.21. The van der Waals surface area contributed by atoms with Crippen molar-refractivity contribution in [3.63, 3.8) is 0 Å². The summed E-state index contributed by atoms with van der Waals surface area (Å²) < 4.78 is 5.52. The van der Waals surface area contributed by atoms with Crippen LogP contribution in [0, 0.1) is 0 Å². The van der Waals surface area contributed by atoms with Gasteiger partial charge in [-0.1, -0.05) is 29.3 Å². The van der Waals surface area contributed by atoms with Gasteiger partial charge in [-0.3, -0.25) is 0 Å². The third-order valence-electron chi connectivity index (χ3n) is 1.77. The highest BCUT2D eigenvalue weighted by atomic mass is 35.5. The maximum Gasteiger partial charge on any atom is 0.156 e. The molecule has 1 rings (SSSR count). The fourth-order valence-electron chi connectivity index (χ4n) is 1.09. The Morgan fingerprint density at radius 3 is 2.56 bits per heavy atom. The number of ether oxygens (including phenoxy) is 1. The summed E-state index contributed by atoms with van der Waals surface area (Å²) >= 11 is 13.7. The number of para-hydroxylation sites is 1. The highest BCUT2D eigenvalue weighted by Gasteiger charge is 2.05. The number of hydrogen-bond acceptors (Lipinski definition) is 3. The number of nitrogens with two attached hydrogens (primary N) is 1. The molecule has 1 unspecified atom stereocenters. The van der Waals surface area contributed by atoms with Gasteiger partial charge in [-0.25, -0.2) is 0 Å². The molecule has 1 atom stereocenters. The van der Waals surface area contributed by atoms with Crippen LogP contribution < -0.4 is 10.5 Å². The van der Waals surface area contributed by atoms with Crippen LogP contribution in [0.4, 0.5) is 0 Å². The van der Waals surface area contributed by atoms with Crippen LogP contribution in [0.15, 0.2) is 18.2 Å². The molecule has 0 aliphatic carbocycles. The summed E-state index contributed by atoms with van der Waals surface area (Å²) in [5.74, 6) is 2.37. The second kappa shape index (κ2) is 7.28. The third-order valence-corrected chi connectivity index (χ3v) is 3.59. The zero-order chi connectivity index (χ0) is 12.0. The molecule has 2 N–H and O–H groups in total. The molecule has 0 aromatic heterocycles. The van der Waals surface area contributed by atoms with E-state index in [1.807, 2.05) is 6.92 Å². The van der Waals surface area contributed by atoms with Crippen molar-refractivity contribution in [3.05, 3.63) is 28.2 Å². The molecule has 1 aromatic carbocycles. The molecule has 0 aliphatic heterocycles. The van der Waals surface area contributed by atoms with Gasteiger partial charge >= 0.3 is 0 Å². The molecule has 0 heterocycles. The van der Waals surface area contributed by atoms with Crippen molar-refractivity contribution in [1.82, 2.24) is 0 Å². The van der Waals surface area contributed by atoms with Gasteiger partial charge in [0.25, 0.3) is 0 Å². The quantitative estimate of drug-likeness (QED) is 0.811. The molecule has 0 spiro atoms. The van der Waals surface area contributed by atoms with Crippen LogP contribution in [-0.2, 0) is 0 Å². The van der Waals surface area contributed by atoms with E-state index in [1.165, 1.54) is 0 Å². The Kier molecular flexibility index (Phi) is 6.36. The minimum absolute atomic E-state index is 0.217. The van der Waals surface area contributed by atoms with Crippen LogP contribution >= 0.6 is 35.0 Å². The molecule has 2 nitrogen and oxygen atoms in total. The van der Waals surface area contributed by atoms with E-state index in [0.717, 1.165) is 11.5 Å². The normalized spacial score (nSPS) is 12.5. The Morgan fingerprint density at radius 1 is 1.38 bits per heavy atom. The van der Waals surface area contributed by atoms with Crippen molar-refractivity contribution < 1.29 is 4.74 Å². The monoisotopic (exact) mass is 279 g/mol. The predicted octanol–water partition coefficient (Wildman–Crippen LogP) is 3.45. The Hall–Kier alpha value is -0.0900. The van der Waals surface area contributed by atoms with Crippen LogP contribution in [0.5, 0.6) is 5.75 Å². The molecule has 90 valence electrons. The number of benzene rings is 1. The van der Waals surface area contributed by atoms with E-state index in [2.05, 4.69) is 0 Å². The van der Waals surface area contributed by atoms with Crippen LogP contribution in [0.2, 0.25) is 10.0 Å². The summed E-state index contributed by atoms with van der Waals surface area (Å²) in [4.78, 5) is 0. The summed E-state index contributed by atoms with van der Waals surface area (Å²) in [5, 5.41) is 1.09. The van der Waals surface area contributed by atoms with Crippen molar-refractivity contribution in [1.29, 1.82) is 0 Å². The smallest absolute Gasteiger partial charge is 0.156 e. The van der Waals surface area contributed by atoms with Gasteiger partial charge in [0.05, 0.1) is 16.7 Å². The molecule has 1 aromatic rings. The number of thioether (sulfide) groups is 1. The maximum absolute atomic E-state index is 5.96. The topological polar surface area (TPSA) is 35.2 Å². The van der Waals surface area contributed by atoms with Gasteiger partial charge in [-0.2, -0.15) is 11.8 Å². The van der Waals surface area contributed by atoms with Crippen molar-refractivity contribution >= 4 is 35.0 Å². The van der Waals surface area contributed by atoms with Gasteiger partial charge in [-0.05, 0) is 19.1 Å². The molecular formula is C11H15Cl2NOS. The molecule has 0 saturated carbocycles.